The number of hydrogen-bond donors (Lipinski definition) is 0. The summed E-state index contributed by atoms with van der Waals surface area (Å²) in [6, 6.07) is 27.6. The van der Waals surface area contributed by atoms with Crippen molar-refractivity contribution >= 4 is 32.5 Å². The van der Waals surface area contributed by atoms with Gasteiger partial charge in [-0.05, 0) is 42.3 Å². The Morgan fingerprint density at radius 2 is 1.56 bits per heavy atom. The summed E-state index contributed by atoms with van der Waals surface area (Å²) in [4.78, 5) is 0. The molecular weight excluding hydrogens is 372 g/mol. The Balaban J connectivity index is 1.87. The molecule has 0 amide bonds. The summed E-state index contributed by atoms with van der Waals surface area (Å²) in [7, 11) is 0. The average molecular weight is 391 g/mol. The third-order valence-electron chi connectivity index (χ3n) is 4.51. The molecule has 0 bridgehead atoms. The Morgan fingerprint density at radius 3 is 2.40 bits per heavy atom. The van der Waals surface area contributed by atoms with Crippen molar-refractivity contribution in [1.82, 2.24) is 4.68 Å². The van der Waals surface area contributed by atoms with E-state index in [1.54, 1.807) is 0 Å². The van der Waals surface area contributed by atoms with Gasteiger partial charge in [0.25, 0.3) is 0 Å². The van der Waals surface area contributed by atoms with Crippen molar-refractivity contribution in [2.45, 2.75) is 13.5 Å². The van der Waals surface area contributed by atoms with Crippen LogP contribution in [0.2, 0.25) is 0 Å². The van der Waals surface area contributed by atoms with Crippen molar-refractivity contribution in [3.63, 3.8) is 0 Å². The first-order valence-electron chi connectivity index (χ1n) is 8.37. The number of aryl methyl sites for hydroxylation is 1. The highest BCUT2D eigenvalue weighted by molar-refractivity contribution is 9.10. The molecule has 0 unspecified atom stereocenters. The first-order chi connectivity index (χ1) is 12.2. The Kier molecular flexibility index (Phi) is 4.33. The molecule has 0 atom stereocenters. The molecule has 3 heteroatoms. The van der Waals surface area contributed by atoms with E-state index in [4.69, 9.17) is 0 Å². The van der Waals surface area contributed by atoms with Crippen molar-refractivity contribution in [3.05, 3.63) is 101 Å². The molecule has 0 aliphatic carbocycles. The van der Waals surface area contributed by atoms with Crippen LogP contribution in [-0.4, -0.2) is 4.68 Å². The maximum absolute atomic E-state index is 3.69. The standard InChI is InChI=1S/C22H19BrN2/c1-17-8-2-6-12-21(17)25(16-19-10-3-5-11-20(19)23)24-15-14-18-9-4-7-13-22(18)24/h2-15H,16H2,1H3. The van der Waals surface area contributed by atoms with Crippen molar-refractivity contribution in [3.8, 4) is 0 Å². The van der Waals surface area contributed by atoms with Gasteiger partial charge in [-0.1, -0.05) is 70.5 Å². The van der Waals surface area contributed by atoms with Crippen LogP contribution in [0.25, 0.3) is 10.9 Å². The molecule has 0 aliphatic rings. The molecule has 0 radical (unpaired) electrons. The Labute approximate surface area is 156 Å². The van der Waals surface area contributed by atoms with E-state index in [0.29, 0.717) is 0 Å². The molecule has 3 aromatic carbocycles. The number of aromatic nitrogens is 1. The Morgan fingerprint density at radius 1 is 0.840 bits per heavy atom. The second-order valence-corrected chi connectivity index (χ2v) is 7.01. The van der Waals surface area contributed by atoms with Gasteiger partial charge in [0, 0.05) is 16.1 Å². The van der Waals surface area contributed by atoms with Crippen LogP contribution in [0.1, 0.15) is 11.1 Å². The minimum atomic E-state index is 0.783. The van der Waals surface area contributed by atoms with E-state index in [2.05, 4.69) is 118 Å². The SMILES string of the molecule is Cc1ccccc1N(Cc1ccccc1Br)n1ccc2ccccc21. The molecule has 0 spiro atoms. The number of benzene rings is 3. The summed E-state index contributed by atoms with van der Waals surface area (Å²) in [6.07, 6.45) is 2.15. The van der Waals surface area contributed by atoms with Gasteiger partial charge in [0.2, 0.25) is 0 Å². The summed E-state index contributed by atoms with van der Waals surface area (Å²) in [5.74, 6) is 0. The highest BCUT2D eigenvalue weighted by Gasteiger charge is 2.15. The fourth-order valence-corrected chi connectivity index (χ4v) is 3.61. The lowest BCUT2D eigenvalue weighted by Gasteiger charge is -2.29. The second kappa shape index (κ2) is 6.77. The maximum Gasteiger partial charge on any atom is 0.0698 e. The number of rotatable bonds is 4. The van der Waals surface area contributed by atoms with Gasteiger partial charge in [-0.15, -0.1) is 0 Å². The lowest BCUT2D eigenvalue weighted by molar-refractivity contribution is 0.709. The van der Waals surface area contributed by atoms with E-state index in [9.17, 15) is 0 Å². The van der Waals surface area contributed by atoms with Gasteiger partial charge >= 0.3 is 0 Å². The van der Waals surface area contributed by atoms with Gasteiger partial charge in [0.15, 0.2) is 0 Å². The minimum absolute atomic E-state index is 0.783. The highest BCUT2D eigenvalue weighted by Crippen LogP contribution is 2.28. The van der Waals surface area contributed by atoms with Crippen LogP contribution in [-0.2, 0) is 6.54 Å². The fraction of sp³-hybridized carbons (Fsp3) is 0.0909. The van der Waals surface area contributed by atoms with Crippen LogP contribution >= 0.6 is 15.9 Å². The smallest absolute Gasteiger partial charge is 0.0698 e. The number of para-hydroxylation sites is 2. The molecule has 1 aromatic heterocycles. The Bertz CT molecular complexity index is 1020. The predicted octanol–water partition coefficient (Wildman–Crippen LogP) is 6.18. The summed E-state index contributed by atoms with van der Waals surface area (Å²) >= 11 is 3.69. The monoisotopic (exact) mass is 390 g/mol. The van der Waals surface area contributed by atoms with Crippen LogP contribution in [0.4, 0.5) is 5.69 Å². The highest BCUT2D eigenvalue weighted by atomic mass is 79.9. The maximum atomic E-state index is 3.69. The van der Waals surface area contributed by atoms with Crippen LogP contribution in [0, 0.1) is 6.92 Å². The summed E-state index contributed by atoms with van der Waals surface area (Å²) in [6.45, 7) is 2.94. The van der Waals surface area contributed by atoms with Crippen molar-refractivity contribution < 1.29 is 0 Å². The molecule has 1 heterocycles. The summed E-state index contributed by atoms with van der Waals surface area (Å²) in [5, 5.41) is 3.57. The molecule has 25 heavy (non-hydrogen) atoms. The van der Waals surface area contributed by atoms with Gasteiger partial charge < -0.3 is 0 Å². The largest absolute Gasteiger partial charge is 0.277 e. The lowest BCUT2D eigenvalue weighted by atomic mass is 10.1. The molecule has 4 rings (SSSR count). The van der Waals surface area contributed by atoms with E-state index in [-0.39, 0.29) is 0 Å². The van der Waals surface area contributed by atoms with Crippen LogP contribution in [0.15, 0.2) is 89.5 Å². The van der Waals surface area contributed by atoms with Gasteiger partial charge in [0.05, 0.1) is 17.7 Å². The molecule has 0 saturated heterocycles. The Hall–Kier alpha value is -2.52. The number of nitrogens with zero attached hydrogens (tertiary/aromatic N) is 2. The molecule has 0 aliphatic heterocycles. The summed E-state index contributed by atoms with van der Waals surface area (Å²) in [5.41, 5.74) is 4.92. The van der Waals surface area contributed by atoms with Crippen molar-refractivity contribution in [1.29, 1.82) is 0 Å². The van der Waals surface area contributed by atoms with E-state index in [0.717, 1.165) is 11.0 Å². The van der Waals surface area contributed by atoms with Gasteiger partial charge in [0.1, 0.15) is 0 Å². The zero-order valence-electron chi connectivity index (χ0n) is 14.1. The van der Waals surface area contributed by atoms with Crippen molar-refractivity contribution in [2.75, 3.05) is 5.01 Å². The molecule has 124 valence electrons. The van der Waals surface area contributed by atoms with Gasteiger partial charge in [-0.2, -0.15) is 0 Å². The second-order valence-electron chi connectivity index (χ2n) is 6.15. The molecule has 4 aromatic rings. The molecule has 0 fully saturated rings. The minimum Gasteiger partial charge on any atom is -0.277 e. The molecule has 0 saturated carbocycles. The van der Waals surface area contributed by atoms with Gasteiger partial charge in [-0.25, -0.2) is 0 Å². The normalized spacial score (nSPS) is 11.0. The number of anilines is 1. The first-order valence-corrected chi connectivity index (χ1v) is 9.16. The third-order valence-corrected chi connectivity index (χ3v) is 5.28. The fourth-order valence-electron chi connectivity index (χ4n) is 3.20. The van der Waals surface area contributed by atoms with E-state index in [1.807, 2.05) is 0 Å². The predicted molar refractivity (Wildman–Crippen MR) is 109 cm³/mol. The molecular formula is C22H19BrN2. The lowest BCUT2D eigenvalue weighted by Crippen LogP contribution is -2.29. The molecule has 2 nitrogen and oxygen atoms in total. The van der Waals surface area contributed by atoms with E-state index >= 15 is 0 Å². The van der Waals surface area contributed by atoms with E-state index < -0.39 is 0 Å². The summed E-state index contributed by atoms with van der Waals surface area (Å²) < 4.78 is 3.38. The average Bonchev–Trinajstić information content (AvgIpc) is 3.06. The van der Waals surface area contributed by atoms with Crippen LogP contribution < -0.4 is 5.01 Å². The van der Waals surface area contributed by atoms with Crippen molar-refractivity contribution in [2.24, 2.45) is 0 Å². The number of hydrogen-bond acceptors (Lipinski definition) is 1. The van der Waals surface area contributed by atoms with E-state index in [1.165, 1.54) is 27.7 Å². The zero-order valence-corrected chi connectivity index (χ0v) is 15.6. The van der Waals surface area contributed by atoms with Gasteiger partial charge in [-0.3, -0.25) is 9.69 Å². The molecule has 0 N–H and O–H groups in total. The topological polar surface area (TPSA) is 8.17 Å². The quantitative estimate of drug-likeness (QED) is 0.403. The number of fused-ring (bicyclic) bond motifs is 1. The third kappa shape index (κ3) is 3.08. The number of halogens is 1. The zero-order chi connectivity index (χ0) is 17.2. The first kappa shape index (κ1) is 16.0. The van der Waals surface area contributed by atoms with Crippen LogP contribution in [0.5, 0.6) is 0 Å². The van der Waals surface area contributed by atoms with Crippen LogP contribution in [0.3, 0.4) is 0 Å².